The van der Waals surface area contributed by atoms with Gasteiger partial charge in [0.1, 0.15) is 0 Å². The van der Waals surface area contributed by atoms with Crippen molar-refractivity contribution >= 4 is 21.6 Å². The second-order valence-electron chi connectivity index (χ2n) is 7.66. The minimum absolute atomic E-state index is 0.0333. The summed E-state index contributed by atoms with van der Waals surface area (Å²) in [4.78, 5) is 17.8. The average molecular weight is 392 g/mol. The minimum atomic E-state index is -3.66. The van der Waals surface area contributed by atoms with Crippen LogP contribution in [0.2, 0.25) is 0 Å². The van der Waals surface area contributed by atoms with E-state index >= 15 is 0 Å². The van der Waals surface area contributed by atoms with Crippen molar-refractivity contribution in [3.63, 3.8) is 0 Å². The van der Waals surface area contributed by atoms with Crippen LogP contribution in [-0.2, 0) is 33.1 Å². The Hall–Kier alpha value is -2.26. The average Bonchev–Trinajstić information content (AvgIpc) is 3.07. The molecular weight excluding hydrogens is 368 g/mol. The molecule has 2 heterocycles. The molecule has 9 heteroatoms. The minimum Gasteiger partial charge on any atom is -0.339 e. The van der Waals surface area contributed by atoms with E-state index in [-0.39, 0.29) is 22.8 Å². The number of benzene rings is 1. The second-order valence-corrected chi connectivity index (χ2v) is 9.42. The molecule has 1 aliphatic heterocycles. The fourth-order valence-electron chi connectivity index (χ4n) is 2.84. The summed E-state index contributed by atoms with van der Waals surface area (Å²) >= 11 is 0. The number of carbonyl (C=O) groups is 1. The van der Waals surface area contributed by atoms with Crippen molar-refractivity contribution in [2.45, 2.75) is 50.3 Å². The van der Waals surface area contributed by atoms with E-state index in [0.717, 1.165) is 11.3 Å². The third kappa shape index (κ3) is 4.19. The summed E-state index contributed by atoms with van der Waals surface area (Å²) in [5, 5.41) is 3.89. The number of carbonyl (C=O) groups excluding carboxylic acids is 1. The molecule has 27 heavy (non-hydrogen) atoms. The largest absolute Gasteiger partial charge is 0.339 e. The second kappa shape index (κ2) is 7.05. The Labute approximate surface area is 159 Å². The summed E-state index contributed by atoms with van der Waals surface area (Å²) in [6.45, 7) is 6.07. The highest BCUT2D eigenvalue weighted by atomic mass is 32.2. The Bertz CT molecular complexity index is 960. The normalized spacial score (nSPS) is 15.1. The molecule has 1 amide bonds. The fourth-order valence-corrected chi connectivity index (χ4v) is 3.92. The Balaban J connectivity index is 1.67. The monoisotopic (exact) mass is 392 g/mol. The van der Waals surface area contributed by atoms with Gasteiger partial charge in [0.15, 0.2) is 5.82 Å². The van der Waals surface area contributed by atoms with Crippen molar-refractivity contribution in [3.8, 4) is 0 Å². The lowest BCUT2D eigenvalue weighted by Gasteiger charge is -2.26. The van der Waals surface area contributed by atoms with Crippen molar-refractivity contribution in [1.82, 2.24) is 14.9 Å². The van der Waals surface area contributed by atoms with Gasteiger partial charge in [0.2, 0.25) is 21.8 Å². The number of fused-ring (bicyclic) bond motifs is 1. The Morgan fingerprint density at radius 3 is 2.67 bits per heavy atom. The van der Waals surface area contributed by atoms with Crippen LogP contribution in [0.25, 0.3) is 0 Å². The fraction of sp³-hybridized carbons (Fsp3) is 0.500. The number of anilines is 1. The number of hydrogen-bond donors (Lipinski definition) is 1. The molecule has 0 fully saturated rings. The van der Waals surface area contributed by atoms with E-state index in [1.54, 1.807) is 24.1 Å². The van der Waals surface area contributed by atoms with Crippen LogP contribution < -0.4 is 9.62 Å². The van der Waals surface area contributed by atoms with Gasteiger partial charge in [-0.1, -0.05) is 25.9 Å². The molecule has 1 aromatic carbocycles. The number of rotatable bonds is 5. The van der Waals surface area contributed by atoms with Crippen molar-refractivity contribution < 1.29 is 17.7 Å². The van der Waals surface area contributed by atoms with E-state index in [9.17, 15) is 13.2 Å². The lowest BCUT2D eigenvalue weighted by Crippen LogP contribution is -2.31. The summed E-state index contributed by atoms with van der Waals surface area (Å²) in [7, 11) is -1.96. The van der Waals surface area contributed by atoms with Crippen LogP contribution in [0.1, 0.15) is 44.5 Å². The van der Waals surface area contributed by atoms with Crippen LogP contribution in [0.15, 0.2) is 27.6 Å². The maximum atomic E-state index is 12.6. The molecule has 1 aromatic heterocycles. The third-order valence-electron chi connectivity index (χ3n) is 4.46. The van der Waals surface area contributed by atoms with Crippen LogP contribution >= 0.6 is 0 Å². The predicted molar refractivity (Wildman–Crippen MR) is 100 cm³/mol. The molecule has 1 aliphatic rings. The molecule has 146 valence electrons. The summed E-state index contributed by atoms with van der Waals surface area (Å²) in [5.74, 6) is 1.02. The van der Waals surface area contributed by atoms with Gasteiger partial charge in [-0.3, -0.25) is 4.79 Å². The highest BCUT2D eigenvalue weighted by Gasteiger charge is 2.24. The number of nitrogens with zero attached hydrogens (tertiary/aromatic N) is 3. The molecule has 0 atom stereocenters. The van der Waals surface area contributed by atoms with Gasteiger partial charge < -0.3 is 9.42 Å². The zero-order valence-corrected chi connectivity index (χ0v) is 16.8. The highest BCUT2D eigenvalue weighted by Crippen LogP contribution is 2.28. The molecule has 2 aromatic rings. The highest BCUT2D eigenvalue weighted by molar-refractivity contribution is 7.89. The van der Waals surface area contributed by atoms with Gasteiger partial charge in [-0.05, 0) is 30.2 Å². The summed E-state index contributed by atoms with van der Waals surface area (Å²) in [6, 6.07) is 4.82. The van der Waals surface area contributed by atoms with E-state index in [4.69, 9.17) is 4.52 Å². The number of aromatic nitrogens is 2. The van der Waals surface area contributed by atoms with Crippen molar-refractivity contribution in [2.24, 2.45) is 0 Å². The SMILES string of the molecule is CN1C(=O)CCc2cc(S(=O)(=O)NCCc3noc(C(C)(C)C)n3)ccc21. The van der Waals surface area contributed by atoms with E-state index in [1.165, 1.54) is 6.07 Å². The zero-order valence-electron chi connectivity index (χ0n) is 15.9. The first-order chi connectivity index (χ1) is 12.6. The molecule has 8 nitrogen and oxygen atoms in total. The van der Waals surface area contributed by atoms with Gasteiger partial charge in [-0.25, -0.2) is 13.1 Å². The number of sulfonamides is 1. The molecular formula is C18H24N4O4S. The van der Waals surface area contributed by atoms with Gasteiger partial charge in [0, 0.05) is 37.5 Å². The first-order valence-corrected chi connectivity index (χ1v) is 10.3. The van der Waals surface area contributed by atoms with Crippen LogP contribution in [0, 0.1) is 0 Å². The van der Waals surface area contributed by atoms with Crippen molar-refractivity contribution in [2.75, 3.05) is 18.5 Å². The lowest BCUT2D eigenvalue weighted by atomic mass is 9.97. The molecule has 0 bridgehead atoms. The Morgan fingerprint density at radius 1 is 1.26 bits per heavy atom. The van der Waals surface area contributed by atoms with Crippen LogP contribution in [0.3, 0.4) is 0 Å². The van der Waals surface area contributed by atoms with E-state index in [1.807, 2.05) is 20.8 Å². The number of hydrogen-bond acceptors (Lipinski definition) is 6. The van der Waals surface area contributed by atoms with E-state index in [2.05, 4.69) is 14.9 Å². The van der Waals surface area contributed by atoms with Crippen molar-refractivity contribution in [3.05, 3.63) is 35.5 Å². The molecule has 0 spiro atoms. The number of amides is 1. The molecule has 0 saturated carbocycles. The van der Waals surface area contributed by atoms with E-state index in [0.29, 0.717) is 31.0 Å². The molecule has 3 rings (SSSR count). The number of nitrogens with one attached hydrogen (secondary N) is 1. The van der Waals surface area contributed by atoms with E-state index < -0.39 is 10.0 Å². The van der Waals surface area contributed by atoms with Crippen molar-refractivity contribution in [1.29, 1.82) is 0 Å². The molecule has 1 N–H and O–H groups in total. The lowest BCUT2D eigenvalue weighted by molar-refractivity contribution is -0.118. The predicted octanol–water partition coefficient (Wildman–Crippen LogP) is 1.80. The van der Waals surface area contributed by atoms with Crippen LogP contribution in [-0.4, -0.2) is 38.1 Å². The number of aryl methyl sites for hydroxylation is 1. The Morgan fingerprint density at radius 2 is 2.00 bits per heavy atom. The maximum absolute atomic E-state index is 12.6. The third-order valence-corrected chi connectivity index (χ3v) is 5.91. The zero-order chi connectivity index (χ0) is 19.8. The quantitative estimate of drug-likeness (QED) is 0.832. The molecule has 0 radical (unpaired) electrons. The van der Waals surface area contributed by atoms with Gasteiger partial charge in [-0.2, -0.15) is 4.98 Å². The van der Waals surface area contributed by atoms with Gasteiger partial charge in [0.05, 0.1) is 4.90 Å². The summed E-state index contributed by atoms with van der Waals surface area (Å²) in [6.07, 6.45) is 1.26. The first kappa shape index (κ1) is 19.5. The molecule has 0 unspecified atom stereocenters. The standard InChI is InChI=1S/C18H24N4O4S/c1-18(2,3)17-20-15(21-26-17)9-10-19-27(24,25)13-6-7-14-12(11-13)5-8-16(23)22(14)4/h6-7,11,19H,5,8-10H2,1-4H3. The molecule has 0 aliphatic carbocycles. The first-order valence-electron chi connectivity index (χ1n) is 8.80. The van der Waals surface area contributed by atoms with Gasteiger partial charge in [0.25, 0.3) is 0 Å². The smallest absolute Gasteiger partial charge is 0.240 e. The summed E-state index contributed by atoms with van der Waals surface area (Å²) < 4.78 is 32.9. The summed E-state index contributed by atoms with van der Waals surface area (Å²) in [5.41, 5.74) is 1.36. The Kier molecular flexibility index (Phi) is 5.09. The van der Waals surface area contributed by atoms with Crippen LogP contribution in [0.5, 0.6) is 0 Å². The maximum Gasteiger partial charge on any atom is 0.240 e. The van der Waals surface area contributed by atoms with Crippen LogP contribution in [0.4, 0.5) is 5.69 Å². The van der Waals surface area contributed by atoms with Gasteiger partial charge >= 0.3 is 0 Å². The molecule has 0 saturated heterocycles. The van der Waals surface area contributed by atoms with Gasteiger partial charge in [-0.15, -0.1) is 0 Å². The topological polar surface area (TPSA) is 105 Å².